The number of Topliss-reactive ketones (excluding diaryl/α,β-unsaturated/α-hetero) is 1. The van der Waals surface area contributed by atoms with Crippen LogP contribution in [0.15, 0.2) is 34.7 Å². The molecule has 0 saturated carbocycles. The summed E-state index contributed by atoms with van der Waals surface area (Å²) in [4.78, 5) is 33.8. The Kier molecular flexibility index (Phi) is 5.96. The van der Waals surface area contributed by atoms with Crippen molar-refractivity contribution >= 4 is 38.7 Å². The largest absolute Gasteiger partial charge is 0.383 e. The molecule has 0 aliphatic carbocycles. The lowest BCUT2D eigenvalue weighted by atomic mass is 10.1. The summed E-state index contributed by atoms with van der Waals surface area (Å²) in [5.41, 5.74) is 3.23. The van der Waals surface area contributed by atoms with Crippen LogP contribution in [0.5, 0.6) is 0 Å². The van der Waals surface area contributed by atoms with E-state index < -0.39 is 0 Å². The van der Waals surface area contributed by atoms with E-state index in [0.29, 0.717) is 22.4 Å². The minimum Gasteiger partial charge on any atom is -0.383 e. The van der Waals surface area contributed by atoms with Crippen molar-refractivity contribution in [3.63, 3.8) is 0 Å². The summed E-state index contributed by atoms with van der Waals surface area (Å²) < 4.78 is 8.80. The van der Waals surface area contributed by atoms with Gasteiger partial charge in [0.25, 0.3) is 5.56 Å². The molecule has 0 amide bonds. The van der Waals surface area contributed by atoms with E-state index in [9.17, 15) is 9.59 Å². The fourth-order valence-electron chi connectivity index (χ4n) is 4.13. The Balaban J connectivity index is 1.70. The first-order valence-corrected chi connectivity index (χ1v) is 11.8. The zero-order chi connectivity index (χ0) is 22.3. The lowest BCUT2D eigenvalue weighted by Crippen LogP contribution is -2.25. The van der Waals surface area contributed by atoms with Gasteiger partial charge in [-0.1, -0.05) is 0 Å². The van der Waals surface area contributed by atoms with Gasteiger partial charge in [0.2, 0.25) is 0 Å². The van der Waals surface area contributed by atoms with Crippen LogP contribution in [0.3, 0.4) is 0 Å². The number of ether oxygens (including phenoxy) is 1. The first-order valence-electron chi connectivity index (χ1n) is 10.1. The highest BCUT2D eigenvalue weighted by Crippen LogP contribution is 2.35. The zero-order valence-corrected chi connectivity index (χ0v) is 19.9. The molecule has 4 aromatic heterocycles. The molecule has 0 bridgehead atoms. The molecule has 0 aromatic carbocycles. The molecular formula is C23H25N3O3S2. The van der Waals surface area contributed by atoms with Crippen molar-refractivity contribution in [1.82, 2.24) is 14.1 Å². The molecule has 6 nitrogen and oxygen atoms in total. The van der Waals surface area contributed by atoms with Crippen LogP contribution in [0.1, 0.15) is 39.6 Å². The summed E-state index contributed by atoms with van der Waals surface area (Å²) in [5, 5.41) is 2.56. The van der Waals surface area contributed by atoms with Crippen LogP contribution >= 0.6 is 22.7 Å². The minimum atomic E-state index is -0.179. The van der Waals surface area contributed by atoms with Gasteiger partial charge in [-0.2, -0.15) is 0 Å². The number of thiophene rings is 2. The quantitative estimate of drug-likeness (QED) is 0.368. The summed E-state index contributed by atoms with van der Waals surface area (Å²) in [7, 11) is 1.67. The van der Waals surface area contributed by atoms with Crippen molar-refractivity contribution in [3.05, 3.63) is 62.1 Å². The van der Waals surface area contributed by atoms with Crippen molar-refractivity contribution in [2.75, 3.05) is 13.7 Å². The van der Waals surface area contributed by atoms with E-state index >= 15 is 0 Å². The smallest absolute Gasteiger partial charge is 0.263 e. The van der Waals surface area contributed by atoms with Gasteiger partial charge >= 0.3 is 0 Å². The van der Waals surface area contributed by atoms with Crippen molar-refractivity contribution in [1.29, 1.82) is 0 Å². The second-order valence-electron chi connectivity index (χ2n) is 7.80. The summed E-state index contributed by atoms with van der Waals surface area (Å²) in [6.07, 6.45) is 1.48. The number of aromatic nitrogens is 3. The predicted molar refractivity (Wildman–Crippen MR) is 127 cm³/mol. The normalized spacial score (nSPS) is 12.5. The average molecular weight is 456 g/mol. The number of fused-ring (bicyclic) bond motifs is 1. The Morgan fingerprint density at radius 2 is 2.03 bits per heavy atom. The maximum Gasteiger partial charge on any atom is 0.263 e. The van der Waals surface area contributed by atoms with Gasteiger partial charge < -0.3 is 9.30 Å². The molecule has 0 aliphatic heterocycles. The van der Waals surface area contributed by atoms with Gasteiger partial charge in [0.1, 0.15) is 4.83 Å². The summed E-state index contributed by atoms with van der Waals surface area (Å²) in [5.74, 6) is -0.101. The molecule has 1 atom stereocenters. The Morgan fingerprint density at radius 3 is 2.71 bits per heavy atom. The van der Waals surface area contributed by atoms with Crippen LogP contribution in [0.25, 0.3) is 20.7 Å². The predicted octanol–water partition coefficient (Wildman–Crippen LogP) is 5.00. The molecule has 0 N–H and O–H groups in total. The molecule has 4 rings (SSSR count). The van der Waals surface area contributed by atoms with Gasteiger partial charge in [0, 0.05) is 44.8 Å². The first-order chi connectivity index (χ1) is 14.8. The molecule has 0 fully saturated rings. The summed E-state index contributed by atoms with van der Waals surface area (Å²) in [6.45, 7) is 8.55. The van der Waals surface area contributed by atoms with E-state index in [4.69, 9.17) is 4.74 Å². The molecule has 4 aromatic rings. The van der Waals surface area contributed by atoms with Crippen molar-refractivity contribution < 1.29 is 9.53 Å². The number of rotatable bonds is 7. The highest BCUT2D eigenvalue weighted by molar-refractivity contribution is 7.19. The van der Waals surface area contributed by atoms with E-state index in [1.165, 1.54) is 27.1 Å². The molecule has 31 heavy (non-hydrogen) atoms. The molecule has 162 valence electrons. The number of carbonyl (C=O) groups is 1. The van der Waals surface area contributed by atoms with E-state index in [1.54, 1.807) is 18.4 Å². The second kappa shape index (κ2) is 8.53. The van der Waals surface area contributed by atoms with Gasteiger partial charge in [-0.05, 0) is 45.9 Å². The Labute approximate surface area is 188 Å². The van der Waals surface area contributed by atoms with Gasteiger partial charge in [-0.3, -0.25) is 14.2 Å². The molecule has 0 spiro atoms. The summed E-state index contributed by atoms with van der Waals surface area (Å²) >= 11 is 3.10. The van der Waals surface area contributed by atoms with Crippen LogP contribution in [-0.4, -0.2) is 33.6 Å². The lowest BCUT2D eigenvalue weighted by molar-refractivity contribution is 0.0969. The second-order valence-corrected chi connectivity index (χ2v) is 9.95. The van der Waals surface area contributed by atoms with E-state index in [-0.39, 0.29) is 23.9 Å². The van der Waals surface area contributed by atoms with Crippen LogP contribution < -0.4 is 5.56 Å². The Bertz CT molecular complexity index is 1330. The van der Waals surface area contributed by atoms with Crippen LogP contribution in [-0.2, 0) is 11.3 Å². The molecular weight excluding hydrogens is 430 g/mol. The zero-order valence-electron chi connectivity index (χ0n) is 18.3. The fourth-order valence-corrected chi connectivity index (χ4v) is 6.00. The van der Waals surface area contributed by atoms with Gasteiger partial charge in [-0.15, -0.1) is 22.7 Å². The molecule has 0 radical (unpaired) electrons. The average Bonchev–Trinajstić information content (AvgIpc) is 3.41. The van der Waals surface area contributed by atoms with Gasteiger partial charge in [-0.25, -0.2) is 4.98 Å². The maximum absolute atomic E-state index is 13.3. The van der Waals surface area contributed by atoms with Crippen molar-refractivity contribution in [2.24, 2.45) is 0 Å². The molecule has 8 heteroatoms. The van der Waals surface area contributed by atoms with E-state index in [0.717, 1.165) is 21.8 Å². The molecule has 0 aliphatic rings. The molecule has 4 heterocycles. The lowest BCUT2D eigenvalue weighted by Gasteiger charge is -2.17. The standard InChI is InChI=1S/C23H25N3O3S2/c1-13-8-17(16(4)26(13)14(2)10-29-5)19(27)9-25-12-24-22-21(23(25)28)18(11-30-22)20-7-6-15(3)31-20/h6-8,11-12,14H,9-10H2,1-5H3/t14-/m0/s1. The van der Waals surface area contributed by atoms with Crippen molar-refractivity contribution in [3.8, 4) is 10.4 Å². The third-order valence-electron chi connectivity index (χ3n) is 5.51. The number of nitrogens with zero attached hydrogens (tertiary/aromatic N) is 3. The Morgan fingerprint density at radius 1 is 1.26 bits per heavy atom. The minimum absolute atomic E-state index is 0.0382. The van der Waals surface area contributed by atoms with Crippen LogP contribution in [0.2, 0.25) is 0 Å². The number of methoxy groups -OCH3 is 1. The SMILES string of the molecule is COC[C@H](C)n1c(C)cc(C(=O)Cn2cnc3scc(-c4ccc(C)s4)c3c2=O)c1C. The number of hydrogen-bond donors (Lipinski definition) is 0. The first kappa shape index (κ1) is 21.7. The highest BCUT2D eigenvalue weighted by Gasteiger charge is 2.21. The fraction of sp³-hybridized carbons (Fsp3) is 0.348. The van der Waals surface area contributed by atoms with Crippen molar-refractivity contribution in [2.45, 2.75) is 40.3 Å². The van der Waals surface area contributed by atoms with E-state index in [1.807, 2.05) is 44.4 Å². The molecule has 0 saturated heterocycles. The number of ketones is 1. The van der Waals surface area contributed by atoms with Crippen LogP contribution in [0, 0.1) is 20.8 Å². The summed E-state index contributed by atoms with van der Waals surface area (Å²) in [6, 6.07) is 6.09. The van der Waals surface area contributed by atoms with Crippen LogP contribution in [0.4, 0.5) is 0 Å². The Hall–Kier alpha value is -2.55. The van der Waals surface area contributed by atoms with Gasteiger partial charge in [0.05, 0.1) is 30.9 Å². The molecule has 0 unspecified atom stereocenters. The number of aryl methyl sites for hydroxylation is 2. The maximum atomic E-state index is 13.3. The third kappa shape index (κ3) is 3.91. The van der Waals surface area contributed by atoms with E-state index in [2.05, 4.69) is 16.5 Å². The van der Waals surface area contributed by atoms with Gasteiger partial charge in [0.15, 0.2) is 5.78 Å². The highest BCUT2D eigenvalue weighted by atomic mass is 32.1. The topological polar surface area (TPSA) is 66.1 Å². The monoisotopic (exact) mass is 455 g/mol. The number of carbonyl (C=O) groups excluding carboxylic acids is 1. The number of hydrogen-bond acceptors (Lipinski definition) is 6. The third-order valence-corrected chi connectivity index (χ3v) is 7.43.